The summed E-state index contributed by atoms with van der Waals surface area (Å²) in [4.78, 5) is 6.76. The highest BCUT2D eigenvalue weighted by Crippen LogP contribution is 2.16. The van der Waals surface area contributed by atoms with Crippen LogP contribution in [-0.4, -0.2) is 35.6 Å². The zero-order valence-electron chi connectivity index (χ0n) is 10.3. The summed E-state index contributed by atoms with van der Waals surface area (Å²) in [5, 5.41) is 3.48. The van der Waals surface area contributed by atoms with Gasteiger partial charge < -0.3 is 5.32 Å². The van der Waals surface area contributed by atoms with E-state index in [0.717, 1.165) is 24.1 Å². The highest BCUT2D eigenvalue weighted by Gasteiger charge is 2.19. The van der Waals surface area contributed by atoms with Gasteiger partial charge in [-0.15, -0.1) is 0 Å². The molecule has 1 atom stereocenters. The highest BCUT2D eigenvalue weighted by atomic mass is 79.9. The first-order valence-corrected chi connectivity index (χ1v) is 7.13. The molecule has 1 fully saturated rings. The molecule has 1 aromatic heterocycles. The van der Waals surface area contributed by atoms with Gasteiger partial charge in [-0.25, -0.2) is 0 Å². The van der Waals surface area contributed by atoms with Crippen LogP contribution in [0.25, 0.3) is 0 Å². The van der Waals surface area contributed by atoms with Crippen molar-refractivity contribution in [2.45, 2.75) is 32.4 Å². The average molecular weight is 298 g/mol. The van der Waals surface area contributed by atoms with Crippen molar-refractivity contribution in [1.29, 1.82) is 0 Å². The van der Waals surface area contributed by atoms with Crippen molar-refractivity contribution >= 4 is 15.9 Å². The van der Waals surface area contributed by atoms with E-state index < -0.39 is 0 Å². The van der Waals surface area contributed by atoms with Crippen LogP contribution in [-0.2, 0) is 6.54 Å². The van der Waals surface area contributed by atoms with Crippen LogP contribution in [0, 0.1) is 0 Å². The van der Waals surface area contributed by atoms with Crippen molar-refractivity contribution in [2.24, 2.45) is 0 Å². The molecule has 1 aliphatic rings. The fraction of sp³-hybridized carbons (Fsp3) is 0.615. The van der Waals surface area contributed by atoms with Crippen molar-refractivity contribution in [3.8, 4) is 0 Å². The Morgan fingerprint density at radius 3 is 3.06 bits per heavy atom. The molecule has 1 unspecified atom stereocenters. The number of rotatable bonds is 4. The lowest BCUT2D eigenvalue weighted by molar-refractivity contribution is 0.166. The molecule has 0 bridgehead atoms. The van der Waals surface area contributed by atoms with E-state index in [2.05, 4.69) is 44.1 Å². The lowest BCUT2D eigenvalue weighted by Gasteiger charge is -2.33. The minimum atomic E-state index is 0.674. The van der Waals surface area contributed by atoms with Crippen molar-refractivity contribution < 1.29 is 0 Å². The van der Waals surface area contributed by atoms with Gasteiger partial charge in [-0.2, -0.15) is 0 Å². The van der Waals surface area contributed by atoms with Crippen LogP contribution in [0.3, 0.4) is 0 Å². The van der Waals surface area contributed by atoms with E-state index in [1.54, 1.807) is 0 Å². The third-order valence-corrected chi connectivity index (χ3v) is 3.77. The van der Waals surface area contributed by atoms with Gasteiger partial charge in [0, 0.05) is 36.0 Å². The van der Waals surface area contributed by atoms with E-state index in [-0.39, 0.29) is 0 Å². The van der Waals surface area contributed by atoms with Crippen molar-refractivity contribution in [2.75, 3.05) is 19.6 Å². The molecule has 17 heavy (non-hydrogen) atoms. The summed E-state index contributed by atoms with van der Waals surface area (Å²) in [5.41, 5.74) is 1.28. The van der Waals surface area contributed by atoms with Gasteiger partial charge in [0.2, 0.25) is 0 Å². The topological polar surface area (TPSA) is 28.2 Å². The monoisotopic (exact) mass is 297 g/mol. The minimum Gasteiger partial charge on any atom is -0.315 e. The van der Waals surface area contributed by atoms with Crippen molar-refractivity contribution in [1.82, 2.24) is 15.2 Å². The minimum absolute atomic E-state index is 0.674. The van der Waals surface area contributed by atoms with Gasteiger partial charge in [-0.05, 0) is 53.5 Å². The van der Waals surface area contributed by atoms with Crippen molar-refractivity contribution in [3.63, 3.8) is 0 Å². The molecule has 1 saturated heterocycles. The first-order chi connectivity index (χ1) is 8.29. The Hall–Kier alpha value is -0.450. The zero-order chi connectivity index (χ0) is 12.1. The van der Waals surface area contributed by atoms with Gasteiger partial charge in [-0.3, -0.25) is 9.88 Å². The average Bonchev–Trinajstić information content (AvgIpc) is 2.37. The largest absolute Gasteiger partial charge is 0.315 e. The summed E-state index contributed by atoms with van der Waals surface area (Å²) in [7, 11) is 0. The van der Waals surface area contributed by atoms with Crippen LogP contribution in [0.5, 0.6) is 0 Å². The summed E-state index contributed by atoms with van der Waals surface area (Å²) < 4.78 is 1.06. The van der Waals surface area contributed by atoms with E-state index in [1.165, 1.54) is 24.9 Å². The Balaban J connectivity index is 1.98. The van der Waals surface area contributed by atoms with Crippen LogP contribution in [0.15, 0.2) is 22.9 Å². The Bertz CT molecular complexity index is 350. The molecular formula is C13H20BrN3. The fourth-order valence-electron chi connectivity index (χ4n) is 2.42. The molecule has 3 nitrogen and oxygen atoms in total. The van der Waals surface area contributed by atoms with E-state index >= 15 is 0 Å². The fourth-order valence-corrected chi connectivity index (χ4v) is 2.83. The van der Waals surface area contributed by atoms with Crippen LogP contribution in [0.4, 0.5) is 0 Å². The molecule has 0 saturated carbocycles. The first-order valence-electron chi connectivity index (χ1n) is 6.33. The smallest absolute Gasteiger partial charge is 0.0410 e. The lowest BCUT2D eigenvalue weighted by Crippen LogP contribution is -2.45. The number of pyridine rings is 1. The predicted octanol–water partition coefficient (Wildman–Crippen LogP) is 2.42. The Kier molecular flexibility index (Phi) is 4.95. The van der Waals surface area contributed by atoms with Crippen LogP contribution in [0.1, 0.15) is 25.3 Å². The lowest BCUT2D eigenvalue weighted by atomic mass is 10.1. The molecule has 0 aromatic carbocycles. The molecule has 1 aromatic rings. The zero-order valence-corrected chi connectivity index (χ0v) is 11.9. The number of piperidine rings is 1. The highest BCUT2D eigenvalue weighted by molar-refractivity contribution is 9.10. The van der Waals surface area contributed by atoms with Crippen molar-refractivity contribution in [3.05, 3.63) is 28.5 Å². The maximum absolute atomic E-state index is 4.23. The van der Waals surface area contributed by atoms with Gasteiger partial charge in [0.05, 0.1) is 0 Å². The van der Waals surface area contributed by atoms with E-state index in [1.807, 2.05) is 12.4 Å². The molecule has 0 radical (unpaired) electrons. The molecular weight excluding hydrogens is 278 g/mol. The molecule has 94 valence electrons. The van der Waals surface area contributed by atoms with Crippen LogP contribution >= 0.6 is 15.9 Å². The van der Waals surface area contributed by atoms with Crippen LogP contribution < -0.4 is 5.32 Å². The Labute approximate surface area is 112 Å². The number of nitrogens with zero attached hydrogens (tertiary/aromatic N) is 2. The van der Waals surface area contributed by atoms with Gasteiger partial charge in [-0.1, -0.05) is 6.92 Å². The van der Waals surface area contributed by atoms with E-state index in [4.69, 9.17) is 0 Å². The quantitative estimate of drug-likeness (QED) is 0.925. The normalized spacial score (nSPS) is 20.8. The van der Waals surface area contributed by atoms with Gasteiger partial charge in [0.25, 0.3) is 0 Å². The maximum atomic E-state index is 4.23. The third-order valence-electron chi connectivity index (χ3n) is 3.34. The Morgan fingerprint density at radius 2 is 2.41 bits per heavy atom. The van der Waals surface area contributed by atoms with Crippen LogP contribution in [0.2, 0.25) is 0 Å². The molecule has 1 N–H and O–H groups in total. The van der Waals surface area contributed by atoms with Gasteiger partial charge >= 0.3 is 0 Å². The summed E-state index contributed by atoms with van der Waals surface area (Å²) in [6.07, 6.45) is 6.39. The second-order valence-corrected chi connectivity index (χ2v) is 5.49. The summed E-state index contributed by atoms with van der Waals surface area (Å²) in [6, 6.07) is 2.83. The van der Waals surface area contributed by atoms with Gasteiger partial charge in [0.1, 0.15) is 0 Å². The number of hydrogen-bond donors (Lipinski definition) is 1. The molecule has 2 rings (SSSR count). The molecule has 0 aliphatic carbocycles. The predicted molar refractivity (Wildman–Crippen MR) is 73.9 cm³/mol. The first kappa shape index (κ1) is 13.0. The second kappa shape index (κ2) is 6.47. The number of hydrogen-bond acceptors (Lipinski definition) is 3. The number of nitrogens with one attached hydrogen (secondary N) is 1. The Morgan fingerprint density at radius 1 is 1.53 bits per heavy atom. The maximum Gasteiger partial charge on any atom is 0.0410 e. The SMILES string of the molecule is CCN(Cc1cncc(Br)c1)C1CCCNC1. The molecule has 2 heterocycles. The molecule has 0 spiro atoms. The number of aromatic nitrogens is 1. The third kappa shape index (κ3) is 3.76. The number of likely N-dealkylation sites (N-methyl/N-ethyl adjacent to an activating group) is 1. The summed E-state index contributed by atoms with van der Waals surface area (Å²) >= 11 is 3.48. The van der Waals surface area contributed by atoms with Gasteiger partial charge in [0.15, 0.2) is 0 Å². The molecule has 1 aliphatic heterocycles. The molecule has 0 amide bonds. The number of halogens is 1. The second-order valence-electron chi connectivity index (χ2n) is 4.57. The van der Waals surface area contributed by atoms with E-state index in [9.17, 15) is 0 Å². The molecule has 4 heteroatoms. The summed E-state index contributed by atoms with van der Waals surface area (Å²) in [5.74, 6) is 0. The standard InChI is InChI=1S/C13H20BrN3/c1-2-17(13-4-3-5-15-9-13)10-11-6-12(14)8-16-7-11/h6-8,13,15H,2-5,9-10H2,1H3. The van der Waals surface area contributed by atoms with E-state index in [0.29, 0.717) is 6.04 Å². The summed E-state index contributed by atoms with van der Waals surface area (Å²) in [6.45, 7) is 6.62.